The Morgan fingerprint density at radius 2 is 2.41 bits per heavy atom. The van der Waals surface area contributed by atoms with E-state index in [1.165, 1.54) is 12.8 Å². The molecule has 0 amide bonds. The van der Waals surface area contributed by atoms with Gasteiger partial charge in [-0.25, -0.2) is 0 Å². The highest BCUT2D eigenvalue weighted by molar-refractivity contribution is 6.31. The normalized spacial score (nSPS) is 20.1. The lowest BCUT2D eigenvalue weighted by atomic mass is 10.2. The van der Waals surface area contributed by atoms with E-state index < -0.39 is 0 Å². The molecule has 1 aliphatic rings. The Bertz CT molecular complexity index is 372. The van der Waals surface area contributed by atoms with E-state index in [1.807, 2.05) is 18.7 Å². The predicted molar refractivity (Wildman–Crippen MR) is 68.3 cm³/mol. The Morgan fingerprint density at radius 3 is 3.00 bits per heavy atom. The van der Waals surface area contributed by atoms with Crippen LogP contribution < -0.4 is 5.32 Å². The van der Waals surface area contributed by atoms with Gasteiger partial charge in [0.25, 0.3) is 0 Å². The van der Waals surface area contributed by atoms with Crippen LogP contribution >= 0.6 is 11.6 Å². The first-order valence-corrected chi connectivity index (χ1v) is 6.56. The summed E-state index contributed by atoms with van der Waals surface area (Å²) in [5.74, 6) is 0. The van der Waals surface area contributed by atoms with Gasteiger partial charge in [-0.15, -0.1) is 0 Å². The molecule has 4 nitrogen and oxygen atoms in total. The van der Waals surface area contributed by atoms with Crippen LogP contribution in [0.4, 0.5) is 0 Å². The van der Waals surface area contributed by atoms with Gasteiger partial charge in [0.1, 0.15) is 0 Å². The zero-order chi connectivity index (χ0) is 12.3. The van der Waals surface area contributed by atoms with Gasteiger partial charge in [0.05, 0.1) is 22.5 Å². The summed E-state index contributed by atoms with van der Waals surface area (Å²) in [7, 11) is 1.93. The van der Waals surface area contributed by atoms with E-state index >= 15 is 0 Å². The van der Waals surface area contributed by atoms with Crippen molar-refractivity contribution in [3.05, 3.63) is 16.4 Å². The van der Waals surface area contributed by atoms with Crippen molar-refractivity contribution in [1.29, 1.82) is 0 Å². The molecule has 17 heavy (non-hydrogen) atoms. The molecule has 1 fully saturated rings. The zero-order valence-electron chi connectivity index (χ0n) is 10.5. The molecule has 0 aromatic carbocycles. The maximum Gasteiger partial charge on any atom is 0.0860 e. The van der Waals surface area contributed by atoms with E-state index in [4.69, 9.17) is 16.3 Å². The van der Waals surface area contributed by atoms with Gasteiger partial charge >= 0.3 is 0 Å². The number of hydrogen-bond acceptors (Lipinski definition) is 3. The van der Waals surface area contributed by atoms with Gasteiger partial charge in [-0.05, 0) is 32.7 Å². The second-order valence-corrected chi connectivity index (χ2v) is 4.95. The molecule has 1 saturated heterocycles. The summed E-state index contributed by atoms with van der Waals surface area (Å²) in [5, 5.41) is 8.46. The minimum absolute atomic E-state index is 0.450. The molecule has 5 heteroatoms. The van der Waals surface area contributed by atoms with E-state index in [9.17, 15) is 0 Å². The summed E-state index contributed by atoms with van der Waals surface area (Å²) in [4.78, 5) is 0. The molecule has 1 aliphatic heterocycles. The molecule has 1 aromatic rings. The Hall–Kier alpha value is -0.580. The molecule has 0 spiro atoms. The minimum atomic E-state index is 0.450. The number of rotatable bonds is 5. The Kier molecular flexibility index (Phi) is 4.42. The van der Waals surface area contributed by atoms with Gasteiger partial charge in [-0.3, -0.25) is 4.68 Å². The Morgan fingerprint density at radius 1 is 1.59 bits per heavy atom. The van der Waals surface area contributed by atoms with Crippen LogP contribution in [0.5, 0.6) is 0 Å². The molecule has 2 heterocycles. The first kappa shape index (κ1) is 12.9. The third-order valence-electron chi connectivity index (χ3n) is 3.22. The average Bonchev–Trinajstić information content (AvgIpc) is 2.87. The van der Waals surface area contributed by atoms with Crippen LogP contribution in [0.3, 0.4) is 0 Å². The summed E-state index contributed by atoms with van der Waals surface area (Å²) in [6.45, 7) is 4.59. The topological polar surface area (TPSA) is 39.1 Å². The van der Waals surface area contributed by atoms with Crippen molar-refractivity contribution in [2.24, 2.45) is 7.05 Å². The van der Waals surface area contributed by atoms with Gasteiger partial charge in [0.15, 0.2) is 0 Å². The molecule has 0 bridgehead atoms. The van der Waals surface area contributed by atoms with Crippen LogP contribution in [0.25, 0.3) is 0 Å². The molecule has 1 aromatic heterocycles. The fourth-order valence-corrected chi connectivity index (χ4v) is 2.44. The number of nitrogens with zero attached hydrogens (tertiary/aromatic N) is 2. The monoisotopic (exact) mass is 257 g/mol. The van der Waals surface area contributed by atoms with Crippen LogP contribution in [0, 0.1) is 6.92 Å². The third kappa shape index (κ3) is 3.21. The summed E-state index contributed by atoms with van der Waals surface area (Å²) < 4.78 is 7.42. The van der Waals surface area contributed by atoms with Gasteiger partial charge < -0.3 is 10.1 Å². The lowest BCUT2D eigenvalue weighted by Crippen LogP contribution is -2.21. The molecule has 96 valence electrons. The second kappa shape index (κ2) is 5.85. The standard InChI is InChI=1S/C12H20ClN3O/c1-9-12(13)11(16(2)15-9)8-14-6-5-10-4-3-7-17-10/h10,14H,3-8H2,1-2H3. The molecule has 1 unspecified atom stereocenters. The van der Waals surface area contributed by atoms with E-state index in [1.54, 1.807) is 0 Å². The fourth-order valence-electron chi connectivity index (χ4n) is 2.21. The first-order chi connectivity index (χ1) is 8.18. The highest BCUT2D eigenvalue weighted by Gasteiger charge is 2.15. The maximum atomic E-state index is 6.17. The lowest BCUT2D eigenvalue weighted by Gasteiger charge is -2.10. The molecule has 1 atom stereocenters. The summed E-state index contributed by atoms with van der Waals surface area (Å²) in [6.07, 6.45) is 3.94. The average molecular weight is 258 g/mol. The van der Waals surface area contributed by atoms with Crippen molar-refractivity contribution in [2.45, 2.75) is 38.8 Å². The molecule has 0 saturated carbocycles. The summed E-state index contributed by atoms with van der Waals surface area (Å²) in [5.41, 5.74) is 1.95. The van der Waals surface area contributed by atoms with Crippen LogP contribution in [0.1, 0.15) is 30.7 Å². The largest absolute Gasteiger partial charge is 0.378 e. The second-order valence-electron chi connectivity index (χ2n) is 4.57. The molecular formula is C12H20ClN3O. The Balaban J connectivity index is 1.74. The van der Waals surface area contributed by atoms with E-state index in [-0.39, 0.29) is 0 Å². The number of aryl methyl sites for hydroxylation is 2. The zero-order valence-corrected chi connectivity index (χ0v) is 11.3. The Labute approximate surface area is 107 Å². The van der Waals surface area contributed by atoms with E-state index in [0.29, 0.717) is 6.10 Å². The van der Waals surface area contributed by atoms with Crippen molar-refractivity contribution in [3.63, 3.8) is 0 Å². The van der Waals surface area contributed by atoms with Gasteiger partial charge in [-0.2, -0.15) is 5.10 Å². The van der Waals surface area contributed by atoms with Crippen LogP contribution in [-0.2, 0) is 18.3 Å². The predicted octanol–water partition coefficient (Wildman–Crippen LogP) is 2.04. The number of ether oxygens (including phenoxy) is 1. The number of hydrogen-bond donors (Lipinski definition) is 1. The SMILES string of the molecule is Cc1nn(C)c(CNCCC2CCCO2)c1Cl. The van der Waals surface area contributed by atoms with Crippen molar-refractivity contribution in [1.82, 2.24) is 15.1 Å². The fraction of sp³-hybridized carbons (Fsp3) is 0.750. The summed E-state index contributed by atoms with van der Waals surface area (Å²) in [6, 6.07) is 0. The molecule has 0 aliphatic carbocycles. The van der Waals surface area contributed by atoms with E-state index in [0.717, 1.165) is 42.5 Å². The summed E-state index contributed by atoms with van der Waals surface area (Å²) >= 11 is 6.17. The first-order valence-electron chi connectivity index (χ1n) is 6.18. The lowest BCUT2D eigenvalue weighted by molar-refractivity contribution is 0.104. The van der Waals surface area contributed by atoms with Gasteiger partial charge in [0, 0.05) is 20.2 Å². The number of nitrogens with one attached hydrogen (secondary N) is 1. The smallest absolute Gasteiger partial charge is 0.0860 e. The quantitative estimate of drug-likeness (QED) is 0.821. The third-order valence-corrected chi connectivity index (χ3v) is 3.71. The van der Waals surface area contributed by atoms with Crippen molar-refractivity contribution >= 4 is 11.6 Å². The molecule has 0 radical (unpaired) electrons. The van der Waals surface area contributed by atoms with Gasteiger partial charge in [-0.1, -0.05) is 11.6 Å². The van der Waals surface area contributed by atoms with Crippen LogP contribution in [-0.4, -0.2) is 29.0 Å². The minimum Gasteiger partial charge on any atom is -0.378 e. The molecular weight excluding hydrogens is 238 g/mol. The number of aromatic nitrogens is 2. The highest BCUT2D eigenvalue weighted by Crippen LogP contribution is 2.19. The van der Waals surface area contributed by atoms with E-state index in [2.05, 4.69) is 10.4 Å². The van der Waals surface area contributed by atoms with Crippen LogP contribution in [0.15, 0.2) is 0 Å². The van der Waals surface area contributed by atoms with Crippen molar-refractivity contribution < 1.29 is 4.74 Å². The highest BCUT2D eigenvalue weighted by atomic mass is 35.5. The van der Waals surface area contributed by atoms with Crippen molar-refractivity contribution in [3.8, 4) is 0 Å². The molecule has 1 N–H and O–H groups in total. The molecule has 2 rings (SSSR count). The van der Waals surface area contributed by atoms with Gasteiger partial charge in [0.2, 0.25) is 0 Å². The number of halogens is 1. The van der Waals surface area contributed by atoms with Crippen molar-refractivity contribution in [2.75, 3.05) is 13.2 Å². The van der Waals surface area contributed by atoms with Crippen LogP contribution in [0.2, 0.25) is 5.02 Å². The maximum absolute atomic E-state index is 6.17.